The molecule has 4 rings (SSSR count). The standard InChI is InChI=1S/C16H16FN3O2/c17-12-3-1-2-11-13-8-18-9-20(13)15(14(11)12)10-4-6-19(7-5-10)16(21)22/h1-3,8-10,15H,4-7H2,(H,21,22). The van der Waals surface area contributed by atoms with E-state index in [1.54, 1.807) is 18.6 Å². The maximum atomic E-state index is 14.4. The van der Waals surface area contributed by atoms with Crippen LogP contribution in [0.2, 0.25) is 0 Å². The highest BCUT2D eigenvalue weighted by Crippen LogP contribution is 2.46. The van der Waals surface area contributed by atoms with E-state index in [1.165, 1.54) is 11.0 Å². The van der Waals surface area contributed by atoms with E-state index in [9.17, 15) is 9.18 Å². The molecule has 0 bridgehead atoms. The zero-order chi connectivity index (χ0) is 15.3. The summed E-state index contributed by atoms with van der Waals surface area (Å²) in [4.78, 5) is 16.7. The topological polar surface area (TPSA) is 58.4 Å². The lowest BCUT2D eigenvalue weighted by Gasteiger charge is -2.34. The molecule has 0 spiro atoms. The van der Waals surface area contributed by atoms with Crippen LogP contribution in [-0.2, 0) is 0 Å². The van der Waals surface area contributed by atoms with Crippen molar-refractivity contribution in [3.63, 3.8) is 0 Å². The number of piperidine rings is 1. The summed E-state index contributed by atoms with van der Waals surface area (Å²) in [6.07, 6.45) is 4.12. The van der Waals surface area contributed by atoms with Crippen molar-refractivity contribution in [3.05, 3.63) is 42.1 Å². The van der Waals surface area contributed by atoms with Gasteiger partial charge in [-0.1, -0.05) is 12.1 Å². The number of carbonyl (C=O) groups is 1. The van der Waals surface area contributed by atoms with Crippen LogP contribution in [0.5, 0.6) is 0 Å². The molecule has 1 unspecified atom stereocenters. The second-order valence-electron chi connectivity index (χ2n) is 5.94. The Hall–Kier alpha value is -2.37. The molecule has 1 N–H and O–H groups in total. The van der Waals surface area contributed by atoms with Crippen molar-refractivity contribution < 1.29 is 14.3 Å². The van der Waals surface area contributed by atoms with Gasteiger partial charge in [-0.2, -0.15) is 0 Å². The second kappa shape index (κ2) is 4.83. The average molecular weight is 301 g/mol. The highest BCUT2D eigenvalue weighted by atomic mass is 19.1. The minimum absolute atomic E-state index is 0.0790. The predicted octanol–water partition coefficient (Wildman–Crippen LogP) is 2.98. The molecule has 6 heteroatoms. The normalized spacial score (nSPS) is 20.8. The van der Waals surface area contributed by atoms with E-state index in [0.717, 1.165) is 29.7 Å². The number of nitrogens with zero attached hydrogens (tertiary/aromatic N) is 3. The van der Waals surface area contributed by atoms with Crippen LogP contribution in [0.25, 0.3) is 11.3 Å². The number of halogens is 1. The number of hydrogen-bond acceptors (Lipinski definition) is 2. The summed E-state index contributed by atoms with van der Waals surface area (Å²) in [5, 5.41) is 9.07. The van der Waals surface area contributed by atoms with E-state index in [4.69, 9.17) is 5.11 Å². The van der Waals surface area contributed by atoms with Gasteiger partial charge in [0.25, 0.3) is 0 Å². The van der Waals surface area contributed by atoms with Crippen LogP contribution in [0.3, 0.4) is 0 Å². The lowest BCUT2D eigenvalue weighted by atomic mass is 9.85. The van der Waals surface area contributed by atoms with Crippen LogP contribution in [0.1, 0.15) is 24.4 Å². The number of hydrogen-bond donors (Lipinski definition) is 1. The maximum Gasteiger partial charge on any atom is 0.407 e. The van der Waals surface area contributed by atoms with Gasteiger partial charge in [0.2, 0.25) is 0 Å². The van der Waals surface area contributed by atoms with Gasteiger partial charge in [0.15, 0.2) is 0 Å². The summed E-state index contributed by atoms with van der Waals surface area (Å²) >= 11 is 0. The first kappa shape index (κ1) is 13.3. The van der Waals surface area contributed by atoms with Crippen LogP contribution < -0.4 is 0 Å². The quantitative estimate of drug-likeness (QED) is 0.881. The van der Waals surface area contributed by atoms with Gasteiger partial charge in [-0.15, -0.1) is 0 Å². The highest BCUT2D eigenvalue weighted by Gasteiger charge is 2.38. The Labute approximate surface area is 127 Å². The summed E-state index contributed by atoms with van der Waals surface area (Å²) < 4.78 is 16.4. The molecule has 2 aliphatic heterocycles. The molecule has 1 saturated heterocycles. The third-order valence-electron chi connectivity index (χ3n) is 4.85. The summed E-state index contributed by atoms with van der Waals surface area (Å²) in [7, 11) is 0. The van der Waals surface area contributed by atoms with Gasteiger partial charge in [0.05, 0.1) is 24.3 Å². The number of carboxylic acid groups (broad SMARTS) is 1. The average Bonchev–Trinajstić information content (AvgIpc) is 3.09. The van der Waals surface area contributed by atoms with Gasteiger partial charge in [-0.3, -0.25) is 0 Å². The van der Waals surface area contributed by atoms with Crippen molar-refractivity contribution in [2.75, 3.05) is 13.1 Å². The van der Waals surface area contributed by atoms with Crippen molar-refractivity contribution in [1.82, 2.24) is 14.5 Å². The van der Waals surface area contributed by atoms with Crippen LogP contribution >= 0.6 is 0 Å². The van der Waals surface area contributed by atoms with Gasteiger partial charge in [-0.25, -0.2) is 14.2 Å². The summed E-state index contributed by atoms with van der Waals surface area (Å²) in [6, 6.07) is 5.07. The lowest BCUT2D eigenvalue weighted by Crippen LogP contribution is -2.39. The largest absolute Gasteiger partial charge is 0.465 e. The fourth-order valence-electron chi connectivity index (χ4n) is 3.80. The van der Waals surface area contributed by atoms with Crippen LogP contribution in [0, 0.1) is 11.7 Å². The Bertz CT molecular complexity index is 735. The Morgan fingerprint density at radius 1 is 1.32 bits per heavy atom. The minimum Gasteiger partial charge on any atom is -0.465 e. The summed E-state index contributed by atoms with van der Waals surface area (Å²) in [5.41, 5.74) is 2.58. The Kier molecular flexibility index (Phi) is 2.92. The minimum atomic E-state index is -0.875. The number of likely N-dealkylation sites (tertiary alicyclic amines) is 1. The molecule has 3 heterocycles. The first-order valence-corrected chi connectivity index (χ1v) is 7.45. The zero-order valence-corrected chi connectivity index (χ0v) is 11.9. The zero-order valence-electron chi connectivity index (χ0n) is 11.9. The molecular weight excluding hydrogens is 285 g/mol. The lowest BCUT2D eigenvalue weighted by molar-refractivity contribution is 0.117. The molecule has 1 aromatic heterocycles. The first-order valence-electron chi connectivity index (χ1n) is 7.45. The van der Waals surface area contributed by atoms with E-state index < -0.39 is 6.09 Å². The third-order valence-corrected chi connectivity index (χ3v) is 4.85. The molecule has 1 amide bonds. The molecule has 22 heavy (non-hydrogen) atoms. The monoisotopic (exact) mass is 301 g/mol. The smallest absolute Gasteiger partial charge is 0.407 e. The molecule has 2 aromatic rings. The molecule has 0 radical (unpaired) electrons. The molecule has 1 fully saturated rings. The molecule has 0 aliphatic carbocycles. The number of amides is 1. The van der Waals surface area contributed by atoms with E-state index in [-0.39, 0.29) is 17.8 Å². The number of benzene rings is 1. The molecule has 0 saturated carbocycles. The van der Waals surface area contributed by atoms with Crippen LogP contribution in [0.4, 0.5) is 9.18 Å². The van der Waals surface area contributed by atoms with Gasteiger partial charge in [-0.05, 0) is 24.8 Å². The molecule has 1 aromatic carbocycles. The SMILES string of the molecule is O=C(O)N1CCC(C2c3c(F)cccc3-c3cncn32)CC1. The first-order chi connectivity index (χ1) is 10.7. The fourth-order valence-corrected chi connectivity index (χ4v) is 3.80. The van der Waals surface area contributed by atoms with Gasteiger partial charge < -0.3 is 14.6 Å². The van der Waals surface area contributed by atoms with Crippen LogP contribution in [0.15, 0.2) is 30.7 Å². The van der Waals surface area contributed by atoms with Crippen LogP contribution in [-0.4, -0.2) is 38.7 Å². The maximum absolute atomic E-state index is 14.4. The van der Waals surface area contributed by atoms with Crippen molar-refractivity contribution in [2.45, 2.75) is 18.9 Å². The van der Waals surface area contributed by atoms with E-state index in [0.29, 0.717) is 13.1 Å². The molecular formula is C16H16FN3O2. The van der Waals surface area contributed by atoms with E-state index in [1.807, 2.05) is 10.6 Å². The Morgan fingerprint density at radius 2 is 2.09 bits per heavy atom. The Morgan fingerprint density at radius 3 is 2.82 bits per heavy atom. The van der Waals surface area contributed by atoms with E-state index in [2.05, 4.69) is 4.98 Å². The Balaban J connectivity index is 1.70. The number of rotatable bonds is 1. The molecule has 5 nitrogen and oxygen atoms in total. The summed E-state index contributed by atoms with van der Waals surface area (Å²) in [6.45, 7) is 1.01. The van der Waals surface area contributed by atoms with Gasteiger partial charge in [0, 0.05) is 24.2 Å². The number of imidazole rings is 1. The second-order valence-corrected chi connectivity index (χ2v) is 5.94. The van der Waals surface area contributed by atoms with Crippen molar-refractivity contribution in [1.29, 1.82) is 0 Å². The molecule has 114 valence electrons. The molecule has 2 aliphatic rings. The third kappa shape index (κ3) is 1.83. The van der Waals surface area contributed by atoms with Gasteiger partial charge in [0.1, 0.15) is 5.82 Å². The molecule has 1 atom stereocenters. The van der Waals surface area contributed by atoms with Crippen molar-refractivity contribution >= 4 is 6.09 Å². The summed E-state index contributed by atoms with van der Waals surface area (Å²) in [5.74, 6) is 0.0357. The van der Waals surface area contributed by atoms with Gasteiger partial charge >= 0.3 is 6.09 Å². The van der Waals surface area contributed by atoms with Crippen molar-refractivity contribution in [3.8, 4) is 11.3 Å². The predicted molar refractivity (Wildman–Crippen MR) is 78.1 cm³/mol. The number of aromatic nitrogens is 2. The number of fused-ring (bicyclic) bond motifs is 3. The highest BCUT2D eigenvalue weighted by molar-refractivity contribution is 5.69. The van der Waals surface area contributed by atoms with E-state index >= 15 is 0 Å². The van der Waals surface area contributed by atoms with Crippen molar-refractivity contribution in [2.24, 2.45) is 5.92 Å². The fraction of sp³-hybridized carbons (Fsp3) is 0.375.